The fourth-order valence-electron chi connectivity index (χ4n) is 4.39. The molecule has 2 atom stereocenters. The van der Waals surface area contributed by atoms with E-state index in [4.69, 9.17) is 30.0 Å². The van der Waals surface area contributed by atoms with Gasteiger partial charge in [0.1, 0.15) is 0 Å². The van der Waals surface area contributed by atoms with Crippen LogP contribution in [0.1, 0.15) is 87.2 Å². The van der Waals surface area contributed by atoms with Gasteiger partial charge >= 0.3 is 12.3 Å². The van der Waals surface area contributed by atoms with Crippen LogP contribution >= 0.6 is 0 Å². The average Bonchev–Trinajstić information content (AvgIpc) is 2.81. The number of rotatable bonds is 2. The summed E-state index contributed by atoms with van der Waals surface area (Å²) in [6.07, 6.45) is 10.8. The molecule has 0 aromatic heterocycles. The van der Waals surface area contributed by atoms with E-state index >= 15 is 0 Å². The first kappa shape index (κ1) is 27.0. The van der Waals surface area contributed by atoms with E-state index in [2.05, 4.69) is 60.7 Å². The Kier molecular flexibility index (Phi) is 14.1. The standard InChI is InChI=1S/C18H20.C6H12.2CH2O3/c1-3-9-15(10-4-1)17-13-7-8-14-18(17)16-11-5-2-6-12-16;1-2-4-6-5-3-1;2*2-1(3)4/h1-6,9-12,17-18H,7-8,13-14H2;1-6H2;2*(H2,2,3,4). The van der Waals surface area contributed by atoms with Gasteiger partial charge in [-0.1, -0.05) is 112 Å². The van der Waals surface area contributed by atoms with Gasteiger partial charge in [0, 0.05) is 0 Å². The normalized spacial score (nSPS) is 19.4. The lowest BCUT2D eigenvalue weighted by molar-refractivity contribution is 0.135. The van der Waals surface area contributed by atoms with Crippen LogP contribution in [-0.2, 0) is 0 Å². The Morgan fingerprint density at radius 1 is 0.500 bits per heavy atom. The van der Waals surface area contributed by atoms with Crippen molar-refractivity contribution < 1.29 is 30.0 Å². The molecule has 0 saturated heterocycles. The Labute approximate surface area is 190 Å². The molecule has 6 nitrogen and oxygen atoms in total. The first-order valence-electron chi connectivity index (χ1n) is 11.4. The van der Waals surface area contributed by atoms with Gasteiger partial charge in [-0.05, 0) is 35.8 Å². The number of hydrogen-bond donors (Lipinski definition) is 4. The van der Waals surface area contributed by atoms with E-state index in [0.29, 0.717) is 11.8 Å². The van der Waals surface area contributed by atoms with E-state index in [1.54, 1.807) is 0 Å². The average molecular weight is 445 g/mol. The molecule has 2 aromatic rings. The van der Waals surface area contributed by atoms with E-state index < -0.39 is 12.3 Å². The van der Waals surface area contributed by atoms with Gasteiger partial charge in [0.15, 0.2) is 0 Å². The van der Waals surface area contributed by atoms with Gasteiger partial charge in [-0.15, -0.1) is 0 Å². The van der Waals surface area contributed by atoms with Gasteiger partial charge in [0.25, 0.3) is 0 Å². The summed E-state index contributed by atoms with van der Waals surface area (Å²) in [6.45, 7) is 0. The van der Waals surface area contributed by atoms with Gasteiger partial charge in [0.2, 0.25) is 0 Å². The molecule has 2 aliphatic carbocycles. The zero-order valence-corrected chi connectivity index (χ0v) is 18.6. The van der Waals surface area contributed by atoms with Crippen LogP contribution in [0.4, 0.5) is 9.59 Å². The summed E-state index contributed by atoms with van der Waals surface area (Å²) in [5.41, 5.74) is 3.04. The Bertz CT molecular complexity index is 664. The first-order valence-corrected chi connectivity index (χ1v) is 11.4. The van der Waals surface area contributed by atoms with Crippen LogP contribution in [0.5, 0.6) is 0 Å². The van der Waals surface area contributed by atoms with Gasteiger partial charge in [-0.25, -0.2) is 9.59 Å². The molecule has 2 fully saturated rings. The third-order valence-corrected chi connectivity index (χ3v) is 5.72. The maximum Gasteiger partial charge on any atom is 0.503 e. The molecule has 2 aliphatic rings. The molecule has 0 aliphatic heterocycles. The summed E-state index contributed by atoms with van der Waals surface area (Å²) >= 11 is 0. The molecule has 0 amide bonds. The molecule has 2 unspecified atom stereocenters. The molecular weight excluding hydrogens is 408 g/mol. The molecule has 0 heterocycles. The summed E-state index contributed by atoms with van der Waals surface area (Å²) in [7, 11) is 0. The zero-order chi connectivity index (χ0) is 23.6. The smallest absolute Gasteiger partial charge is 0.450 e. The minimum Gasteiger partial charge on any atom is -0.450 e. The molecule has 32 heavy (non-hydrogen) atoms. The molecule has 0 spiro atoms. The van der Waals surface area contributed by atoms with Gasteiger partial charge in [-0.3, -0.25) is 0 Å². The minimum atomic E-state index is -1.83. The van der Waals surface area contributed by atoms with Crippen LogP contribution in [0.15, 0.2) is 60.7 Å². The highest BCUT2D eigenvalue weighted by atomic mass is 16.6. The minimum absolute atomic E-state index is 0.711. The molecule has 176 valence electrons. The van der Waals surface area contributed by atoms with E-state index in [1.807, 2.05) is 0 Å². The van der Waals surface area contributed by atoms with Crippen LogP contribution in [0.3, 0.4) is 0 Å². The van der Waals surface area contributed by atoms with Crippen LogP contribution in [0, 0.1) is 0 Å². The summed E-state index contributed by atoms with van der Waals surface area (Å²) in [5, 5.41) is 27.9. The van der Waals surface area contributed by atoms with E-state index in [0.717, 1.165) is 0 Å². The lowest BCUT2D eigenvalue weighted by Crippen LogP contribution is -2.16. The van der Waals surface area contributed by atoms with Crippen molar-refractivity contribution in [3.8, 4) is 0 Å². The van der Waals surface area contributed by atoms with Crippen molar-refractivity contribution in [2.24, 2.45) is 0 Å². The molecule has 0 radical (unpaired) electrons. The highest BCUT2D eigenvalue weighted by molar-refractivity contribution is 5.53. The third-order valence-electron chi connectivity index (χ3n) is 5.72. The van der Waals surface area contributed by atoms with Crippen molar-refractivity contribution >= 4 is 12.3 Å². The van der Waals surface area contributed by atoms with Crippen molar-refractivity contribution in [2.75, 3.05) is 0 Å². The molecule has 6 heteroatoms. The van der Waals surface area contributed by atoms with Crippen LogP contribution < -0.4 is 0 Å². The second kappa shape index (κ2) is 16.6. The number of carbonyl (C=O) groups is 2. The van der Waals surface area contributed by atoms with Gasteiger partial charge in [0.05, 0.1) is 0 Å². The Morgan fingerprint density at radius 2 is 0.750 bits per heavy atom. The predicted octanol–water partition coefficient (Wildman–Crippen LogP) is 7.91. The summed E-state index contributed by atoms with van der Waals surface area (Å²) in [4.78, 5) is 17.1. The largest absolute Gasteiger partial charge is 0.503 e. The van der Waals surface area contributed by atoms with Crippen molar-refractivity contribution in [1.82, 2.24) is 0 Å². The fraction of sp³-hybridized carbons (Fsp3) is 0.462. The lowest BCUT2D eigenvalue weighted by Gasteiger charge is -2.32. The van der Waals surface area contributed by atoms with Crippen molar-refractivity contribution in [3.05, 3.63) is 71.8 Å². The van der Waals surface area contributed by atoms with Gasteiger partial charge in [-0.2, -0.15) is 0 Å². The first-order chi connectivity index (χ1) is 15.4. The van der Waals surface area contributed by atoms with Crippen molar-refractivity contribution in [2.45, 2.75) is 76.0 Å². The maximum absolute atomic E-state index is 8.56. The van der Waals surface area contributed by atoms with Crippen LogP contribution in [0.25, 0.3) is 0 Å². The second-order valence-electron chi connectivity index (χ2n) is 8.01. The zero-order valence-electron chi connectivity index (χ0n) is 18.6. The number of carboxylic acid groups (broad SMARTS) is 4. The van der Waals surface area contributed by atoms with E-state index in [-0.39, 0.29) is 0 Å². The fourth-order valence-corrected chi connectivity index (χ4v) is 4.39. The summed E-state index contributed by atoms with van der Waals surface area (Å²) in [5.74, 6) is 1.42. The van der Waals surface area contributed by atoms with Gasteiger partial charge < -0.3 is 20.4 Å². The Hall–Kier alpha value is -3.02. The molecule has 0 bridgehead atoms. The topological polar surface area (TPSA) is 115 Å². The van der Waals surface area contributed by atoms with E-state index in [9.17, 15) is 0 Å². The molecule has 4 N–H and O–H groups in total. The van der Waals surface area contributed by atoms with Crippen molar-refractivity contribution in [3.63, 3.8) is 0 Å². The number of hydrogen-bond acceptors (Lipinski definition) is 2. The highest BCUT2D eigenvalue weighted by Crippen LogP contribution is 2.43. The van der Waals surface area contributed by atoms with Crippen LogP contribution in [-0.4, -0.2) is 32.7 Å². The third kappa shape index (κ3) is 12.6. The molecular formula is C26H36O6. The lowest BCUT2D eigenvalue weighted by atomic mass is 9.72. The predicted molar refractivity (Wildman–Crippen MR) is 126 cm³/mol. The number of benzene rings is 2. The summed E-state index contributed by atoms with van der Waals surface area (Å²) in [6, 6.07) is 22.1. The highest BCUT2D eigenvalue weighted by Gasteiger charge is 2.27. The molecule has 4 rings (SSSR count). The van der Waals surface area contributed by atoms with Crippen LogP contribution in [0.2, 0.25) is 0 Å². The quantitative estimate of drug-likeness (QED) is 0.374. The SMILES string of the molecule is C1CCCCC1.O=C(O)O.O=C(O)O.c1ccc(C2CCCCC2c2ccccc2)cc1. The summed E-state index contributed by atoms with van der Waals surface area (Å²) < 4.78 is 0. The molecule has 2 saturated carbocycles. The monoisotopic (exact) mass is 444 g/mol. The Balaban J connectivity index is 0.000000300. The molecule has 2 aromatic carbocycles. The van der Waals surface area contributed by atoms with E-state index in [1.165, 1.54) is 75.3 Å². The van der Waals surface area contributed by atoms with Crippen molar-refractivity contribution in [1.29, 1.82) is 0 Å². The second-order valence-corrected chi connectivity index (χ2v) is 8.01. The Morgan fingerprint density at radius 3 is 1.00 bits per heavy atom. The maximum atomic E-state index is 8.56.